The van der Waals surface area contributed by atoms with Crippen molar-refractivity contribution in [3.8, 4) is 17.0 Å². The quantitative estimate of drug-likeness (QED) is 0.254. The Morgan fingerprint density at radius 3 is 2.70 bits per heavy atom. The van der Waals surface area contributed by atoms with Crippen LogP contribution in [0, 0.1) is 11.3 Å². The smallest absolute Gasteiger partial charge is 0.257 e. The van der Waals surface area contributed by atoms with E-state index in [-0.39, 0.29) is 23.2 Å². The number of methoxy groups -OCH3 is 1. The van der Waals surface area contributed by atoms with Gasteiger partial charge in [-0.2, -0.15) is 0 Å². The normalized spacial score (nSPS) is 19.6. The van der Waals surface area contributed by atoms with Crippen LogP contribution < -0.4 is 20.3 Å². The number of hydrogen-bond acceptors (Lipinski definition) is 8. The number of fused-ring (bicyclic) bond motifs is 2. The highest BCUT2D eigenvalue weighted by molar-refractivity contribution is 6.05. The summed E-state index contributed by atoms with van der Waals surface area (Å²) in [7, 11) is 7.18. The number of aromatic amines is 1. The zero-order valence-electron chi connectivity index (χ0n) is 25.8. The topological polar surface area (TPSA) is 119 Å². The number of aromatic nitrogens is 3. The van der Waals surface area contributed by atoms with Crippen LogP contribution in [-0.2, 0) is 4.79 Å². The number of anilines is 4. The van der Waals surface area contributed by atoms with E-state index >= 15 is 0 Å². The highest BCUT2D eigenvalue weighted by Gasteiger charge is 2.48. The first-order valence-corrected chi connectivity index (χ1v) is 14.6. The lowest BCUT2D eigenvalue weighted by Crippen LogP contribution is -2.31. The summed E-state index contributed by atoms with van der Waals surface area (Å²) < 4.78 is 5.84. The van der Waals surface area contributed by atoms with Gasteiger partial charge in [-0.25, -0.2) is 9.97 Å². The fourth-order valence-corrected chi connectivity index (χ4v) is 6.63. The van der Waals surface area contributed by atoms with Gasteiger partial charge < -0.3 is 35.1 Å². The maximum Gasteiger partial charge on any atom is 0.257 e. The van der Waals surface area contributed by atoms with Crippen molar-refractivity contribution in [2.24, 2.45) is 11.3 Å². The minimum Gasteiger partial charge on any atom is -0.494 e. The number of H-pyrrole nitrogens is 1. The largest absolute Gasteiger partial charge is 0.494 e. The first kappa shape index (κ1) is 29.2. The zero-order chi connectivity index (χ0) is 31.2. The van der Waals surface area contributed by atoms with Gasteiger partial charge in [0, 0.05) is 80.6 Å². The molecule has 11 heteroatoms. The molecule has 2 aliphatic rings. The van der Waals surface area contributed by atoms with Gasteiger partial charge in [0.05, 0.1) is 35.4 Å². The molecule has 2 saturated heterocycles. The van der Waals surface area contributed by atoms with Gasteiger partial charge in [0.1, 0.15) is 5.75 Å². The summed E-state index contributed by atoms with van der Waals surface area (Å²) in [5.74, 6) is 0.861. The third-order valence-electron chi connectivity index (χ3n) is 8.76. The van der Waals surface area contributed by atoms with Crippen molar-refractivity contribution in [3.05, 3.63) is 67.0 Å². The van der Waals surface area contributed by atoms with Crippen molar-refractivity contribution in [1.82, 2.24) is 24.8 Å². The SMILES string of the molecule is C=CC(=O)Nc1cc(Nc2ncc(C(=O)N(C)C)c(-c3c[nH]c4ccccc34)n2)c(OC)cc1N1C[C@@H]2CN(C)C[C@]2(C)C1. The van der Waals surface area contributed by atoms with Crippen LogP contribution in [0.5, 0.6) is 5.75 Å². The molecular weight excluding hydrogens is 556 g/mol. The number of likely N-dealkylation sites (tertiary alicyclic amines) is 1. The van der Waals surface area contributed by atoms with Crippen LogP contribution in [-0.4, -0.2) is 91.0 Å². The molecule has 0 bridgehead atoms. The van der Waals surface area contributed by atoms with Gasteiger partial charge >= 0.3 is 0 Å². The molecular formula is C33H38N8O3. The van der Waals surface area contributed by atoms with E-state index in [9.17, 15) is 9.59 Å². The molecule has 2 aromatic heterocycles. The molecule has 0 saturated carbocycles. The van der Waals surface area contributed by atoms with E-state index in [1.54, 1.807) is 21.2 Å². The summed E-state index contributed by atoms with van der Waals surface area (Å²) in [4.78, 5) is 44.5. The highest BCUT2D eigenvalue weighted by Crippen LogP contribution is 2.47. The average Bonchev–Trinajstić information content (AvgIpc) is 3.65. The maximum absolute atomic E-state index is 13.2. The Balaban J connectivity index is 1.40. The average molecular weight is 595 g/mol. The number of rotatable bonds is 8. The lowest BCUT2D eigenvalue weighted by molar-refractivity contribution is -0.111. The van der Waals surface area contributed by atoms with Crippen molar-refractivity contribution in [3.63, 3.8) is 0 Å². The Labute approximate surface area is 256 Å². The van der Waals surface area contributed by atoms with Crippen molar-refractivity contribution in [1.29, 1.82) is 0 Å². The Morgan fingerprint density at radius 1 is 1.18 bits per heavy atom. The minimum absolute atomic E-state index is 0.164. The summed E-state index contributed by atoms with van der Waals surface area (Å²) in [5, 5.41) is 7.22. The number of nitrogens with one attached hydrogen (secondary N) is 3. The van der Waals surface area contributed by atoms with Gasteiger partial charge in [0.2, 0.25) is 11.9 Å². The first-order chi connectivity index (χ1) is 21.1. The van der Waals surface area contributed by atoms with Crippen molar-refractivity contribution in [2.45, 2.75) is 6.92 Å². The molecule has 0 spiro atoms. The summed E-state index contributed by atoms with van der Waals surface area (Å²) in [5.41, 5.74) is 4.84. The number of carbonyl (C=O) groups is 2. The Bertz CT molecular complexity index is 1770. The predicted molar refractivity (Wildman–Crippen MR) is 174 cm³/mol. The summed E-state index contributed by atoms with van der Waals surface area (Å²) >= 11 is 0. The van der Waals surface area contributed by atoms with Crippen molar-refractivity contribution >= 4 is 45.7 Å². The molecule has 228 valence electrons. The van der Waals surface area contributed by atoms with Crippen LogP contribution in [0.4, 0.5) is 23.0 Å². The van der Waals surface area contributed by atoms with Gasteiger partial charge in [-0.1, -0.05) is 31.7 Å². The zero-order valence-corrected chi connectivity index (χ0v) is 25.8. The third-order valence-corrected chi connectivity index (χ3v) is 8.76. The number of benzene rings is 2. The molecule has 2 amide bonds. The molecule has 0 aliphatic carbocycles. The highest BCUT2D eigenvalue weighted by atomic mass is 16.5. The van der Waals surface area contributed by atoms with E-state index in [0.29, 0.717) is 34.3 Å². The molecule has 2 aliphatic heterocycles. The van der Waals surface area contributed by atoms with Crippen molar-refractivity contribution in [2.75, 3.05) is 70.0 Å². The second kappa shape index (κ2) is 11.3. The van der Waals surface area contributed by atoms with Gasteiger partial charge in [-0.15, -0.1) is 0 Å². The van der Waals surface area contributed by atoms with Crippen molar-refractivity contribution < 1.29 is 14.3 Å². The molecule has 0 radical (unpaired) electrons. The summed E-state index contributed by atoms with van der Waals surface area (Å²) in [6, 6.07) is 11.6. The second-order valence-corrected chi connectivity index (χ2v) is 12.2. The minimum atomic E-state index is -0.308. The Hall–Kier alpha value is -4.90. The molecule has 2 aromatic carbocycles. The first-order valence-electron chi connectivity index (χ1n) is 14.6. The fourth-order valence-electron chi connectivity index (χ4n) is 6.63. The van der Waals surface area contributed by atoms with Gasteiger partial charge in [0.25, 0.3) is 5.91 Å². The molecule has 11 nitrogen and oxygen atoms in total. The van der Waals surface area contributed by atoms with E-state index in [1.165, 1.54) is 17.2 Å². The summed E-state index contributed by atoms with van der Waals surface area (Å²) in [6.45, 7) is 9.80. The molecule has 2 atom stereocenters. The van der Waals surface area contributed by atoms with Gasteiger partial charge in [-0.05, 0) is 31.2 Å². The summed E-state index contributed by atoms with van der Waals surface area (Å²) in [6.07, 6.45) is 4.65. The molecule has 2 fully saturated rings. The van der Waals surface area contributed by atoms with Gasteiger partial charge in [-0.3, -0.25) is 9.59 Å². The predicted octanol–water partition coefficient (Wildman–Crippen LogP) is 4.59. The van der Waals surface area contributed by atoms with Crippen LogP contribution in [0.2, 0.25) is 0 Å². The second-order valence-electron chi connectivity index (χ2n) is 12.2. The third kappa shape index (κ3) is 5.24. The Morgan fingerprint density at radius 2 is 1.98 bits per heavy atom. The number of amides is 2. The van der Waals surface area contributed by atoms with E-state index in [4.69, 9.17) is 9.72 Å². The maximum atomic E-state index is 13.2. The number of nitrogens with zero attached hydrogens (tertiary/aromatic N) is 5. The van der Waals surface area contributed by atoms with Crippen LogP contribution >= 0.6 is 0 Å². The van der Waals surface area contributed by atoms with Crippen LogP contribution in [0.1, 0.15) is 17.3 Å². The molecule has 4 aromatic rings. The lowest BCUT2D eigenvalue weighted by atomic mass is 9.83. The van der Waals surface area contributed by atoms with Crippen LogP contribution in [0.25, 0.3) is 22.2 Å². The number of carbonyl (C=O) groups excluding carboxylic acids is 2. The molecule has 44 heavy (non-hydrogen) atoms. The standard InChI is InChI=1S/C33H38N8O3/c1-7-29(42)36-25-12-26(28(44-6)13-27(25)41-17-20-16-40(5)18-33(20,2)19-41)37-32-35-15-23(31(43)39(3)4)30(38-32)22-14-34-24-11-9-8-10-21(22)24/h7-15,20,34H,1,16-19H2,2-6H3,(H,36,42)(H,35,37,38)/t20-,33+/m0/s1. The molecule has 6 rings (SSSR count). The van der Waals surface area contributed by atoms with E-state index < -0.39 is 0 Å². The number of para-hydroxylation sites is 1. The number of ether oxygens (including phenoxy) is 1. The molecule has 4 heterocycles. The monoisotopic (exact) mass is 594 g/mol. The van der Waals surface area contributed by atoms with E-state index in [2.05, 4.69) is 51.0 Å². The fraction of sp³-hybridized carbons (Fsp3) is 0.333. The van der Waals surface area contributed by atoms with E-state index in [0.717, 1.165) is 48.3 Å². The van der Waals surface area contributed by atoms with Crippen LogP contribution in [0.15, 0.2) is 61.4 Å². The Kier molecular flexibility index (Phi) is 7.50. The van der Waals surface area contributed by atoms with Crippen LogP contribution in [0.3, 0.4) is 0 Å². The number of hydrogen-bond donors (Lipinski definition) is 3. The van der Waals surface area contributed by atoms with E-state index in [1.807, 2.05) is 42.6 Å². The molecule has 3 N–H and O–H groups in total. The lowest BCUT2D eigenvalue weighted by Gasteiger charge is -2.28. The molecule has 0 unspecified atom stereocenters. The van der Waals surface area contributed by atoms with Gasteiger partial charge in [0.15, 0.2) is 0 Å².